The third-order valence-corrected chi connectivity index (χ3v) is 0.911. The molecule has 0 aromatic carbocycles. The topological polar surface area (TPSA) is 44.6 Å². The fraction of sp³-hybridized carbons (Fsp3) is 0.500. The van der Waals surface area contributed by atoms with E-state index >= 15 is 0 Å². The molecule has 0 bridgehead atoms. The molecule has 3 heteroatoms. The van der Waals surface area contributed by atoms with Gasteiger partial charge >= 0.3 is 0 Å². The van der Waals surface area contributed by atoms with Crippen LogP contribution in [0.3, 0.4) is 0 Å². The average Bonchev–Trinajstić information content (AvgIpc) is 1.87. The Morgan fingerprint density at radius 3 is 2.86 bits per heavy atom. The molecule has 0 aromatic rings. The highest BCUT2D eigenvalue weighted by Gasteiger charge is 1.97. The molecule has 3 nitrogen and oxygen atoms in total. The summed E-state index contributed by atoms with van der Waals surface area (Å²) in [6.07, 6.45) is 1.70. The highest BCUT2D eigenvalue weighted by atomic mass is 15.5. The average molecular weight is 99.1 g/mol. The van der Waals surface area contributed by atoms with Gasteiger partial charge in [0.15, 0.2) is 0 Å². The number of nitrogens with one attached hydrogen (secondary N) is 1. The summed E-state index contributed by atoms with van der Waals surface area (Å²) in [5, 5.41) is 1.11. The summed E-state index contributed by atoms with van der Waals surface area (Å²) < 4.78 is 0. The second-order valence-electron chi connectivity index (χ2n) is 1.75. The first-order valence-electron chi connectivity index (χ1n) is 2.27. The molecule has 0 aromatic heterocycles. The second kappa shape index (κ2) is 1.42. The lowest BCUT2D eigenvalue weighted by Gasteiger charge is -2.15. The number of nitrogens with zero attached hydrogens (tertiary/aromatic N) is 1. The molecule has 1 heterocycles. The molecule has 0 fully saturated rings. The Hall–Kier alpha value is -0.700. The Morgan fingerprint density at radius 1 is 2.00 bits per heavy atom. The lowest BCUT2D eigenvalue weighted by Crippen LogP contribution is -3.03. The van der Waals surface area contributed by atoms with E-state index in [1.165, 1.54) is 0 Å². The Balaban J connectivity index is 2.42. The largest absolute Gasteiger partial charge is 0.494 e. The third-order valence-electron chi connectivity index (χ3n) is 0.911. The summed E-state index contributed by atoms with van der Waals surface area (Å²) in [6.45, 7) is 0.861. The van der Waals surface area contributed by atoms with Crippen LogP contribution in [0, 0.1) is 0 Å². The number of nitrogens with two attached hydrogens (primary N) is 1. The van der Waals surface area contributed by atoms with Gasteiger partial charge in [-0.25, -0.2) is 0 Å². The Bertz CT molecular complexity index is 97.1. The second-order valence-corrected chi connectivity index (χ2v) is 1.75. The van der Waals surface area contributed by atoms with Gasteiger partial charge in [0.1, 0.15) is 6.54 Å². The standard InChI is InChI=1S/C4H9N3/c1-7-3-4(5)2-6-7/h2,7H,3,5H2,1H3. The summed E-state index contributed by atoms with van der Waals surface area (Å²) >= 11 is 0. The van der Waals surface area contributed by atoms with Crippen molar-refractivity contribution in [2.45, 2.75) is 0 Å². The zero-order valence-corrected chi connectivity index (χ0v) is 4.31. The Morgan fingerprint density at radius 2 is 2.71 bits per heavy atom. The van der Waals surface area contributed by atoms with Crippen LogP contribution in [0.15, 0.2) is 11.9 Å². The minimum atomic E-state index is 0.861. The number of hydrogen-bond donors (Lipinski definition) is 2. The number of rotatable bonds is 0. The van der Waals surface area contributed by atoms with E-state index in [0.29, 0.717) is 0 Å². The van der Waals surface area contributed by atoms with E-state index in [0.717, 1.165) is 17.3 Å². The molecule has 0 radical (unpaired) electrons. The van der Waals surface area contributed by atoms with Gasteiger partial charge in [0.05, 0.1) is 7.05 Å². The summed E-state index contributed by atoms with van der Waals surface area (Å²) in [7, 11) is 1.97. The summed E-state index contributed by atoms with van der Waals surface area (Å²) in [6, 6.07) is 0. The normalized spacial score (nSPS) is 29.3. The molecule has 0 aliphatic carbocycles. The third kappa shape index (κ3) is 0.838. The molecule has 7 heavy (non-hydrogen) atoms. The molecule has 1 unspecified atom stereocenters. The van der Waals surface area contributed by atoms with E-state index in [1.807, 2.05) is 7.05 Å². The van der Waals surface area contributed by atoms with Crippen LogP contribution < -0.4 is 10.7 Å². The molecule has 1 aliphatic rings. The fourth-order valence-electron chi connectivity index (χ4n) is 0.580. The van der Waals surface area contributed by atoms with Crippen LogP contribution in [0.2, 0.25) is 0 Å². The van der Waals surface area contributed by atoms with Crippen molar-refractivity contribution in [1.82, 2.24) is 0 Å². The minimum absolute atomic E-state index is 0.861. The molecular formula is C4H9N3. The maximum absolute atomic E-state index is 5.37. The van der Waals surface area contributed by atoms with Gasteiger partial charge in [0, 0.05) is 5.70 Å². The quantitative estimate of drug-likeness (QED) is 0.385. The first-order chi connectivity index (χ1) is 3.29. The van der Waals surface area contributed by atoms with E-state index in [4.69, 9.17) is 5.73 Å². The predicted octanol–water partition coefficient (Wildman–Crippen LogP) is -1.40. The van der Waals surface area contributed by atoms with Gasteiger partial charge in [-0.3, -0.25) is 0 Å². The van der Waals surface area contributed by atoms with Crippen molar-refractivity contribution in [2.24, 2.45) is 5.73 Å². The highest BCUT2D eigenvalue weighted by Crippen LogP contribution is 1.88. The fourth-order valence-corrected chi connectivity index (χ4v) is 0.580. The Labute approximate surface area is 42.8 Å². The van der Waals surface area contributed by atoms with Crippen LogP contribution >= 0.6 is 0 Å². The van der Waals surface area contributed by atoms with Gasteiger partial charge in [-0.05, 0) is 0 Å². The van der Waals surface area contributed by atoms with Crippen LogP contribution in [-0.4, -0.2) is 13.6 Å². The molecule has 0 spiro atoms. The van der Waals surface area contributed by atoms with E-state index in [1.54, 1.807) is 6.20 Å². The zero-order valence-electron chi connectivity index (χ0n) is 4.31. The summed E-state index contributed by atoms with van der Waals surface area (Å²) in [4.78, 5) is 0. The first-order valence-corrected chi connectivity index (χ1v) is 2.27. The lowest BCUT2D eigenvalue weighted by atomic mass is 10.5. The summed E-state index contributed by atoms with van der Waals surface area (Å²) in [5.41, 5.74) is 10.2. The van der Waals surface area contributed by atoms with E-state index in [2.05, 4.69) is 5.43 Å². The molecular weight excluding hydrogens is 90.1 g/mol. The van der Waals surface area contributed by atoms with Crippen molar-refractivity contribution in [2.75, 3.05) is 13.6 Å². The van der Waals surface area contributed by atoms with Crippen LogP contribution in [-0.2, 0) is 0 Å². The highest BCUT2D eigenvalue weighted by molar-refractivity contribution is 5.06. The molecule has 0 saturated heterocycles. The molecule has 1 rings (SSSR count). The van der Waals surface area contributed by atoms with Crippen LogP contribution in [0.25, 0.3) is 5.43 Å². The van der Waals surface area contributed by atoms with Crippen LogP contribution in [0.5, 0.6) is 0 Å². The summed E-state index contributed by atoms with van der Waals surface area (Å²) in [5.74, 6) is 0. The van der Waals surface area contributed by atoms with E-state index < -0.39 is 0 Å². The SMILES string of the molecule is C[NH+]1CC(N)=C[N-]1. The van der Waals surface area contributed by atoms with Gasteiger partial charge in [0.2, 0.25) is 0 Å². The van der Waals surface area contributed by atoms with Gasteiger partial charge in [-0.15, -0.1) is 6.20 Å². The first kappa shape index (κ1) is 4.46. The van der Waals surface area contributed by atoms with Crippen LogP contribution in [0.4, 0.5) is 0 Å². The lowest BCUT2D eigenvalue weighted by molar-refractivity contribution is -0.827. The van der Waals surface area contributed by atoms with Gasteiger partial charge < -0.3 is 16.2 Å². The van der Waals surface area contributed by atoms with Gasteiger partial charge in [-0.2, -0.15) is 0 Å². The monoisotopic (exact) mass is 99.1 g/mol. The van der Waals surface area contributed by atoms with Crippen molar-refractivity contribution in [3.05, 3.63) is 17.3 Å². The van der Waals surface area contributed by atoms with Crippen LogP contribution in [0.1, 0.15) is 0 Å². The van der Waals surface area contributed by atoms with Crippen molar-refractivity contribution in [3.8, 4) is 0 Å². The minimum Gasteiger partial charge on any atom is -0.494 e. The van der Waals surface area contributed by atoms with Crippen molar-refractivity contribution in [1.29, 1.82) is 0 Å². The smallest absolute Gasteiger partial charge is 0.111 e. The molecule has 40 valence electrons. The van der Waals surface area contributed by atoms with Gasteiger partial charge in [-0.1, -0.05) is 0 Å². The van der Waals surface area contributed by atoms with Crippen molar-refractivity contribution >= 4 is 0 Å². The van der Waals surface area contributed by atoms with E-state index in [-0.39, 0.29) is 0 Å². The van der Waals surface area contributed by atoms with Gasteiger partial charge in [0.25, 0.3) is 0 Å². The predicted molar refractivity (Wildman–Crippen MR) is 27.4 cm³/mol. The van der Waals surface area contributed by atoms with Crippen molar-refractivity contribution in [3.63, 3.8) is 0 Å². The molecule has 0 saturated carbocycles. The maximum atomic E-state index is 5.37. The maximum Gasteiger partial charge on any atom is 0.111 e. The van der Waals surface area contributed by atoms with Crippen molar-refractivity contribution < 1.29 is 5.01 Å². The number of likely N-dealkylation sites (N-methyl/N-ethyl adjacent to an activating group) is 1. The number of hydrogen-bond acceptors (Lipinski definition) is 1. The molecule has 1 aliphatic heterocycles. The molecule has 0 amide bonds. The van der Waals surface area contributed by atoms with E-state index in [9.17, 15) is 0 Å². The molecule has 1 atom stereocenters. The zero-order chi connectivity index (χ0) is 5.28. The number of quaternary nitrogens is 1. The molecule has 3 N–H and O–H groups in total. The Kier molecular flexibility index (Phi) is 0.906.